The number of anilines is 3. The highest BCUT2D eigenvalue weighted by atomic mass is 16.2. The number of pyridine rings is 1. The molecule has 2 aromatic rings. The second kappa shape index (κ2) is 8.33. The molecule has 3 heterocycles. The third-order valence-electron chi connectivity index (χ3n) is 5.48. The molecule has 7 nitrogen and oxygen atoms in total. The van der Waals surface area contributed by atoms with Gasteiger partial charge in [0.1, 0.15) is 0 Å². The number of hydrogen-bond acceptors (Lipinski definition) is 6. The van der Waals surface area contributed by atoms with Crippen LogP contribution in [0, 0.1) is 5.92 Å². The van der Waals surface area contributed by atoms with Gasteiger partial charge in [-0.3, -0.25) is 9.78 Å². The molecule has 0 aromatic carbocycles. The fraction of sp³-hybridized carbons (Fsp3) is 0.500. The monoisotopic (exact) mass is 366 g/mol. The molecule has 0 radical (unpaired) electrons. The minimum Gasteiger partial charge on any atom is -0.352 e. The SMILES string of the molecule is O=C(CC1CCCC1)N1CCN(c2ccc(Nc3cccnc3)nn2)CC1. The predicted octanol–water partition coefficient (Wildman–Crippen LogP) is 2.84. The summed E-state index contributed by atoms with van der Waals surface area (Å²) in [5, 5.41) is 11.8. The van der Waals surface area contributed by atoms with Gasteiger partial charge in [0.15, 0.2) is 11.6 Å². The Morgan fingerprint density at radius 2 is 1.89 bits per heavy atom. The first-order valence-electron chi connectivity index (χ1n) is 9.81. The molecule has 0 bridgehead atoms. The minimum absolute atomic E-state index is 0.323. The molecule has 1 amide bonds. The third kappa shape index (κ3) is 4.53. The van der Waals surface area contributed by atoms with Gasteiger partial charge in [0.05, 0.1) is 11.9 Å². The molecule has 4 rings (SSSR count). The van der Waals surface area contributed by atoms with Crippen LogP contribution in [0.1, 0.15) is 32.1 Å². The Bertz CT molecular complexity index is 737. The highest BCUT2D eigenvalue weighted by Gasteiger charge is 2.25. The van der Waals surface area contributed by atoms with E-state index >= 15 is 0 Å². The first-order valence-corrected chi connectivity index (χ1v) is 9.81. The average Bonchev–Trinajstić information content (AvgIpc) is 3.22. The molecule has 2 aliphatic rings. The summed E-state index contributed by atoms with van der Waals surface area (Å²) in [7, 11) is 0. The Labute approximate surface area is 159 Å². The van der Waals surface area contributed by atoms with Gasteiger partial charge in [-0.25, -0.2) is 0 Å². The maximum atomic E-state index is 12.5. The zero-order chi connectivity index (χ0) is 18.5. The van der Waals surface area contributed by atoms with Crippen molar-refractivity contribution in [3.63, 3.8) is 0 Å². The van der Waals surface area contributed by atoms with E-state index in [4.69, 9.17) is 0 Å². The van der Waals surface area contributed by atoms with Crippen molar-refractivity contribution in [1.82, 2.24) is 20.1 Å². The van der Waals surface area contributed by atoms with Gasteiger partial charge in [0.25, 0.3) is 0 Å². The third-order valence-corrected chi connectivity index (χ3v) is 5.48. The van der Waals surface area contributed by atoms with Gasteiger partial charge in [-0.15, -0.1) is 10.2 Å². The Hall–Kier alpha value is -2.70. The second-order valence-electron chi connectivity index (χ2n) is 7.37. The smallest absolute Gasteiger partial charge is 0.222 e. The van der Waals surface area contributed by atoms with E-state index in [1.54, 1.807) is 12.4 Å². The molecule has 2 fully saturated rings. The van der Waals surface area contributed by atoms with E-state index in [1.165, 1.54) is 25.7 Å². The fourth-order valence-corrected chi connectivity index (χ4v) is 3.92. The van der Waals surface area contributed by atoms with Crippen molar-refractivity contribution in [2.75, 3.05) is 36.4 Å². The molecule has 1 saturated heterocycles. The molecule has 0 spiro atoms. The van der Waals surface area contributed by atoms with Crippen LogP contribution in [0.25, 0.3) is 0 Å². The summed E-state index contributed by atoms with van der Waals surface area (Å²) in [5.41, 5.74) is 0.883. The number of carbonyl (C=O) groups excluding carboxylic acids is 1. The summed E-state index contributed by atoms with van der Waals surface area (Å²) < 4.78 is 0. The number of piperazine rings is 1. The summed E-state index contributed by atoms with van der Waals surface area (Å²) in [4.78, 5) is 20.8. The van der Waals surface area contributed by atoms with E-state index in [-0.39, 0.29) is 0 Å². The van der Waals surface area contributed by atoms with Gasteiger partial charge >= 0.3 is 0 Å². The standard InChI is InChI=1S/C20H26N6O/c27-20(14-16-4-1-2-5-16)26-12-10-25(11-13-26)19-8-7-18(23-24-19)22-17-6-3-9-21-15-17/h3,6-9,15-16H,1-2,4-5,10-14H2,(H,22,23). The van der Waals surface area contributed by atoms with Crippen LogP contribution < -0.4 is 10.2 Å². The molecule has 1 aliphatic heterocycles. The zero-order valence-electron chi connectivity index (χ0n) is 15.5. The van der Waals surface area contributed by atoms with Gasteiger partial charge < -0.3 is 15.1 Å². The van der Waals surface area contributed by atoms with Gasteiger partial charge in [-0.05, 0) is 43.0 Å². The molecular formula is C20H26N6O. The molecular weight excluding hydrogens is 340 g/mol. The Morgan fingerprint density at radius 3 is 2.56 bits per heavy atom. The van der Waals surface area contributed by atoms with E-state index in [2.05, 4.69) is 25.4 Å². The Kier molecular flexibility index (Phi) is 5.46. The van der Waals surface area contributed by atoms with Crippen molar-refractivity contribution in [2.45, 2.75) is 32.1 Å². The Morgan fingerprint density at radius 1 is 1.07 bits per heavy atom. The van der Waals surface area contributed by atoms with Crippen LogP contribution in [0.5, 0.6) is 0 Å². The topological polar surface area (TPSA) is 74.2 Å². The van der Waals surface area contributed by atoms with Gasteiger partial charge in [-0.1, -0.05) is 12.8 Å². The number of hydrogen-bond donors (Lipinski definition) is 1. The predicted molar refractivity (Wildman–Crippen MR) is 105 cm³/mol. The van der Waals surface area contributed by atoms with Crippen molar-refractivity contribution in [3.8, 4) is 0 Å². The van der Waals surface area contributed by atoms with E-state index in [0.29, 0.717) is 17.6 Å². The molecule has 0 atom stereocenters. The first-order chi connectivity index (χ1) is 13.3. The second-order valence-corrected chi connectivity index (χ2v) is 7.37. The van der Waals surface area contributed by atoms with Crippen molar-refractivity contribution in [3.05, 3.63) is 36.7 Å². The van der Waals surface area contributed by atoms with E-state index in [9.17, 15) is 4.79 Å². The van der Waals surface area contributed by atoms with Crippen LogP contribution in [-0.2, 0) is 4.79 Å². The van der Waals surface area contributed by atoms with Crippen LogP contribution >= 0.6 is 0 Å². The number of carbonyl (C=O) groups is 1. The van der Waals surface area contributed by atoms with Crippen LogP contribution in [0.15, 0.2) is 36.7 Å². The maximum absolute atomic E-state index is 12.5. The molecule has 0 unspecified atom stereocenters. The van der Waals surface area contributed by atoms with E-state index < -0.39 is 0 Å². The normalized spacial score (nSPS) is 17.9. The van der Waals surface area contributed by atoms with Crippen molar-refractivity contribution < 1.29 is 4.79 Å². The van der Waals surface area contributed by atoms with Crippen molar-refractivity contribution in [1.29, 1.82) is 0 Å². The largest absolute Gasteiger partial charge is 0.352 e. The minimum atomic E-state index is 0.323. The van der Waals surface area contributed by atoms with Crippen LogP contribution in [0.4, 0.5) is 17.3 Å². The molecule has 27 heavy (non-hydrogen) atoms. The first kappa shape index (κ1) is 17.7. The molecule has 7 heteroatoms. The number of rotatable bonds is 5. The summed E-state index contributed by atoms with van der Waals surface area (Å²) in [6.07, 6.45) is 9.23. The van der Waals surface area contributed by atoms with Crippen molar-refractivity contribution >= 4 is 23.2 Å². The fourth-order valence-electron chi connectivity index (χ4n) is 3.92. The van der Waals surface area contributed by atoms with E-state index in [1.807, 2.05) is 29.2 Å². The summed E-state index contributed by atoms with van der Waals surface area (Å²) in [6.45, 7) is 3.15. The van der Waals surface area contributed by atoms with Crippen LogP contribution in [0.2, 0.25) is 0 Å². The lowest BCUT2D eigenvalue weighted by molar-refractivity contribution is -0.132. The zero-order valence-corrected chi connectivity index (χ0v) is 15.5. The van der Waals surface area contributed by atoms with Crippen LogP contribution in [0.3, 0.4) is 0 Å². The van der Waals surface area contributed by atoms with E-state index in [0.717, 1.165) is 44.1 Å². The average molecular weight is 366 g/mol. The lowest BCUT2D eigenvalue weighted by Gasteiger charge is -2.35. The van der Waals surface area contributed by atoms with Gasteiger partial charge in [0.2, 0.25) is 5.91 Å². The molecule has 1 saturated carbocycles. The maximum Gasteiger partial charge on any atom is 0.222 e. The molecule has 1 N–H and O–H groups in total. The lowest BCUT2D eigenvalue weighted by Crippen LogP contribution is -2.49. The summed E-state index contributed by atoms with van der Waals surface area (Å²) in [5.74, 6) is 2.48. The van der Waals surface area contributed by atoms with Crippen LogP contribution in [-0.4, -0.2) is 52.2 Å². The summed E-state index contributed by atoms with van der Waals surface area (Å²) >= 11 is 0. The highest BCUT2D eigenvalue weighted by Crippen LogP contribution is 2.28. The quantitative estimate of drug-likeness (QED) is 0.877. The number of amides is 1. The molecule has 2 aromatic heterocycles. The number of nitrogens with zero attached hydrogens (tertiary/aromatic N) is 5. The lowest BCUT2D eigenvalue weighted by atomic mass is 10.0. The molecule has 1 aliphatic carbocycles. The number of aromatic nitrogens is 3. The molecule has 142 valence electrons. The Balaban J connectivity index is 1.28. The number of nitrogens with one attached hydrogen (secondary N) is 1. The van der Waals surface area contributed by atoms with Crippen molar-refractivity contribution in [2.24, 2.45) is 5.92 Å². The summed E-state index contributed by atoms with van der Waals surface area (Å²) in [6, 6.07) is 7.71. The highest BCUT2D eigenvalue weighted by molar-refractivity contribution is 5.76. The van der Waals surface area contributed by atoms with Gasteiger partial charge in [-0.2, -0.15) is 0 Å². The van der Waals surface area contributed by atoms with Gasteiger partial charge in [0, 0.05) is 38.8 Å².